The first-order valence-corrected chi connectivity index (χ1v) is 9.08. The van der Waals surface area contributed by atoms with Gasteiger partial charge in [0.15, 0.2) is 0 Å². The number of hydrogen-bond acceptors (Lipinski definition) is 5. The molecule has 7 nitrogen and oxygen atoms in total. The molecule has 1 aromatic carbocycles. The number of para-hydroxylation sites is 1. The first-order chi connectivity index (χ1) is 12.5. The van der Waals surface area contributed by atoms with Gasteiger partial charge >= 0.3 is 5.69 Å². The predicted octanol–water partition coefficient (Wildman–Crippen LogP) is 1.17. The maximum atomic E-state index is 12.4. The molecule has 0 saturated heterocycles. The summed E-state index contributed by atoms with van der Waals surface area (Å²) in [6.45, 7) is 0.276. The maximum absolute atomic E-state index is 12.4. The van der Waals surface area contributed by atoms with E-state index >= 15 is 0 Å². The van der Waals surface area contributed by atoms with Crippen molar-refractivity contribution in [3.05, 3.63) is 67.5 Å². The summed E-state index contributed by atoms with van der Waals surface area (Å²) in [7, 11) is 3.91. The third kappa shape index (κ3) is 3.76. The van der Waals surface area contributed by atoms with Crippen LogP contribution in [0.4, 0.5) is 0 Å². The van der Waals surface area contributed by atoms with Crippen molar-refractivity contribution in [3.63, 3.8) is 0 Å². The van der Waals surface area contributed by atoms with Crippen molar-refractivity contribution in [1.82, 2.24) is 19.8 Å². The number of benzene rings is 1. The first kappa shape index (κ1) is 18.1. The highest BCUT2D eigenvalue weighted by Crippen LogP contribution is 2.19. The molecule has 0 aliphatic rings. The second kappa shape index (κ2) is 7.67. The molecule has 0 saturated carbocycles. The van der Waals surface area contributed by atoms with E-state index in [-0.39, 0.29) is 18.5 Å². The van der Waals surface area contributed by atoms with E-state index in [0.717, 1.165) is 5.56 Å². The molecular weight excluding hydrogens is 352 g/mol. The minimum atomic E-state index is -0.592. The molecule has 136 valence electrons. The minimum absolute atomic E-state index is 0.0502. The van der Waals surface area contributed by atoms with Crippen LogP contribution in [0.2, 0.25) is 0 Å². The van der Waals surface area contributed by atoms with Crippen LogP contribution in [-0.4, -0.2) is 41.0 Å². The molecule has 0 fully saturated rings. The molecular formula is C18H20N4O3S. The van der Waals surface area contributed by atoms with Gasteiger partial charge in [-0.1, -0.05) is 12.1 Å². The number of aromatic amines is 1. The Morgan fingerprint density at radius 2 is 2.04 bits per heavy atom. The van der Waals surface area contributed by atoms with E-state index in [1.807, 2.05) is 30.4 Å². The fraction of sp³-hybridized carbons (Fsp3) is 0.278. The Balaban J connectivity index is 1.78. The minimum Gasteiger partial charge on any atom is -0.353 e. The number of nitrogens with zero attached hydrogens (tertiary/aromatic N) is 2. The summed E-state index contributed by atoms with van der Waals surface area (Å²) in [6, 6.07) is 8.81. The molecule has 1 atom stereocenters. The number of likely N-dealkylation sites (N-methyl/N-ethyl adjacent to an activating group) is 1. The van der Waals surface area contributed by atoms with Gasteiger partial charge in [-0.3, -0.25) is 19.1 Å². The van der Waals surface area contributed by atoms with Gasteiger partial charge in [-0.15, -0.1) is 0 Å². The molecule has 2 N–H and O–H groups in total. The molecule has 3 aromatic rings. The van der Waals surface area contributed by atoms with E-state index in [0.29, 0.717) is 17.4 Å². The van der Waals surface area contributed by atoms with Gasteiger partial charge in [-0.25, -0.2) is 4.79 Å². The van der Waals surface area contributed by atoms with Gasteiger partial charge in [-0.05, 0) is 48.6 Å². The highest BCUT2D eigenvalue weighted by Gasteiger charge is 2.16. The molecule has 3 rings (SSSR count). The number of hydrogen-bond donors (Lipinski definition) is 2. The molecule has 2 aromatic heterocycles. The van der Waals surface area contributed by atoms with Crippen molar-refractivity contribution in [1.29, 1.82) is 0 Å². The van der Waals surface area contributed by atoms with Crippen molar-refractivity contribution in [2.24, 2.45) is 0 Å². The average Bonchev–Trinajstić information content (AvgIpc) is 3.13. The summed E-state index contributed by atoms with van der Waals surface area (Å²) in [5.74, 6) is -0.286. The van der Waals surface area contributed by atoms with E-state index in [1.54, 1.807) is 35.6 Å². The zero-order valence-electron chi connectivity index (χ0n) is 14.6. The van der Waals surface area contributed by atoms with Crippen LogP contribution >= 0.6 is 11.3 Å². The molecule has 1 amide bonds. The standard InChI is InChI=1S/C18H20N4O3S/c1-21(2)15(12-7-8-26-11-12)9-19-16(23)10-22-14-6-4-3-5-13(14)17(24)20-18(22)25/h3-8,11,15H,9-10H2,1-2H3,(H,19,23)(H,20,24,25)/t15-/m0/s1. The number of rotatable bonds is 6. The lowest BCUT2D eigenvalue weighted by Gasteiger charge is -2.24. The Labute approximate surface area is 153 Å². The molecule has 0 radical (unpaired) electrons. The second-order valence-corrected chi connectivity index (χ2v) is 6.98. The summed E-state index contributed by atoms with van der Waals surface area (Å²) in [6.07, 6.45) is 0. The van der Waals surface area contributed by atoms with Crippen molar-refractivity contribution in [2.75, 3.05) is 20.6 Å². The average molecular weight is 372 g/mol. The first-order valence-electron chi connectivity index (χ1n) is 8.14. The monoisotopic (exact) mass is 372 g/mol. The number of fused-ring (bicyclic) bond motifs is 1. The molecule has 2 heterocycles. The summed E-state index contributed by atoms with van der Waals surface area (Å²) >= 11 is 1.61. The van der Waals surface area contributed by atoms with E-state index in [1.165, 1.54) is 4.57 Å². The van der Waals surface area contributed by atoms with Crippen LogP contribution in [0.5, 0.6) is 0 Å². The van der Waals surface area contributed by atoms with Crippen molar-refractivity contribution in [3.8, 4) is 0 Å². The lowest BCUT2D eigenvalue weighted by Crippen LogP contribution is -2.39. The highest BCUT2D eigenvalue weighted by molar-refractivity contribution is 7.07. The number of carbonyl (C=O) groups excluding carboxylic acids is 1. The van der Waals surface area contributed by atoms with Crippen LogP contribution in [0, 0.1) is 0 Å². The number of thiophene rings is 1. The Morgan fingerprint density at radius 3 is 2.73 bits per heavy atom. The molecule has 0 bridgehead atoms. The van der Waals surface area contributed by atoms with Crippen LogP contribution < -0.4 is 16.6 Å². The van der Waals surface area contributed by atoms with Gasteiger partial charge < -0.3 is 10.2 Å². The fourth-order valence-electron chi connectivity index (χ4n) is 2.87. The Hall–Kier alpha value is -2.71. The van der Waals surface area contributed by atoms with Gasteiger partial charge in [0.2, 0.25) is 5.91 Å². The van der Waals surface area contributed by atoms with Crippen LogP contribution in [0.15, 0.2) is 50.7 Å². The number of amides is 1. The zero-order chi connectivity index (χ0) is 18.7. The van der Waals surface area contributed by atoms with Crippen LogP contribution in [0.3, 0.4) is 0 Å². The van der Waals surface area contributed by atoms with Gasteiger partial charge in [0.1, 0.15) is 6.54 Å². The lowest BCUT2D eigenvalue weighted by molar-refractivity contribution is -0.121. The summed E-state index contributed by atoms with van der Waals surface area (Å²) in [4.78, 5) is 40.7. The lowest BCUT2D eigenvalue weighted by atomic mass is 10.1. The predicted molar refractivity (Wildman–Crippen MR) is 103 cm³/mol. The summed E-state index contributed by atoms with van der Waals surface area (Å²) in [5.41, 5.74) is 0.531. The van der Waals surface area contributed by atoms with Gasteiger partial charge in [-0.2, -0.15) is 11.3 Å². The molecule has 0 spiro atoms. The Kier molecular flexibility index (Phi) is 5.34. The van der Waals surface area contributed by atoms with Crippen LogP contribution in [-0.2, 0) is 11.3 Å². The van der Waals surface area contributed by atoms with Gasteiger partial charge in [0.25, 0.3) is 5.56 Å². The molecule has 0 aliphatic carbocycles. The molecule has 0 aliphatic heterocycles. The van der Waals surface area contributed by atoms with E-state index in [9.17, 15) is 14.4 Å². The van der Waals surface area contributed by atoms with Crippen LogP contribution in [0.1, 0.15) is 11.6 Å². The maximum Gasteiger partial charge on any atom is 0.329 e. The normalized spacial score (nSPS) is 12.4. The van der Waals surface area contributed by atoms with E-state index in [4.69, 9.17) is 0 Å². The smallest absolute Gasteiger partial charge is 0.329 e. The number of carbonyl (C=O) groups is 1. The number of nitrogens with one attached hydrogen (secondary N) is 2. The third-order valence-corrected chi connectivity index (χ3v) is 4.95. The molecule has 8 heteroatoms. The number of aromatic nitrogens is 2. The Bertz CT molecular complexity index is 1020. The van der Waals surface area contributed by atoms with Crippen molar-refractivity contribution < 1.29 is 4.79 Å². The van der Waals surface area contributed by atoms with Gasteiger partial charge in [0, 0.05) is 6.54 Å². The van der Waals surface area contributed by atoms with Crippen LogP contribution in [0.25, 0.3) is 10.9 Å². The zero-order valence-corrected chi connectivity index (χ0v) is 15.4. The topological polar surface area (TPSA) is 87.2 Å². The molecule has 0 unspecified atom stereocenters. The number of H-pyrrole nitrogens is 1. The largest absolute Gasteiger partial charge is 0.353 e. The van der Waals surface area contributed by atoms with Crippen molar-refractivity contribution in [2.45, 2.75) is 12.6 Å². The Morgan fingerprint density at radius 1 is 1.27 bits per heavy atom. The fourth-order valence-corrected chi connectivity index (χ4v) is 3.58. The van der Waals surface area contributed by atoms with E-state index < -0.39 is 11.2 Å². The molecule has 26 heavy (non-hydrogen) atoms. The van der Waals surface area contributed by atoms with Gasteiger partial charge in [0.05, 0.1) is 16.9 Å². The highest BCUT2D eigenvalue weighted by atomic mass is 32.1. The second-order valence-electron chi connectivity index (χ2n) is 6.20. The third-order valence-electron chi connectivity index (χ3n) is 4.25. The SMILES string of the molecule is CN(C)[C@@H](CNC(=O)Cn1c(=O)[nH]c(=O)c2ccccc21)c1ccsc1. The summed E-state index contributed by atoms with van der Waals surface area (Å²) in [5, 5.41) is 7.31. The van der Waals surface area contributed by atoms with Crippen molar-refractivity contribution >= 4 is 28.1 Å². The summed E-state index contributed by atoms with van der Waals surface area (Å²) < 4.78 is 1.28. The quantitative estimate of drug-likeness (QED) is 0.680. The van der Waals surface area contributed by atoms with E-state index in [2.05, 4.69) is 15.7 Å².